The second-order valence-electron chi connectivity index (χ2n) is 7.57. The lowest BCUT2D eigenvalue weighted by Gasteiger charge is -2.19. The highest BCUT2D eigenvalue weighted by Gasteiger charge is 2.28. The van der Waals surface area contributed by atoms with Gasteiger partial charge in [-0.05, 0) is 35.9 Å². The van der Waals surface area contributed by atoms with Crippen LogP contribution in [-0.2, 0) is 16.6 Å². The molecule has 168 valence electrons. The van der Waals surface area contributed by atoms with Gasteiger partial charge in [0.05, 0.1) is 16.4 Å². The summed E-state index contributed by atoms with van der Waals surface area (Å²) in [5, 5.41) is 11.2. The molecule has 0 saturated heterocycles. The number of carbonyl (C=O) groups is 1. The summed E-state index contributed by atoms with van der Waals surface area (Å²) in [6, 6.07) is 19.2. The minimum Gasteiger partial charge on any atom is -0.321 e. The van der Waals surface area contributed by atoms with Crippen molar-refractivity contribution in [1.82, 2.24) is 4.31 Å². The number of hydrogen-bond acceptors (Lipinski definition) is 5. The number of hydrogen-bond donors (Lipinski definition) is 0. The molecule has 0 aliphatic carbocycles. The number of anilines is 1. The number of nitrogens with zero attached hydrogens (tertiary/aromatic N) is 4. The molecule has 0 unspecified atom stereocenters. The van der Waals surface area contributed by atoms with Crippen molar-refractivity contribution in [3.05, 3.63) is 99.6 Å². The van der Waals surface area contributed by atoms with Gasteiger partial charge in [-0.15, -0.1) is 0 Å². The third-order valence-electron chi connectivity index (χ3n) is 5.28. The van der Waals surface area contributed by atoms with Gasteiger partial charge >= 0.3 is 0 Å². The molecule has 33 heavy (non-hydrogen) atoms. The van der Waals surface area contributed by atoms with Gasteiger partial charge in [0.1, 0.15) is 5.84 Å². The van der Waals surface area contributed by atoms with Crippen LogP contribution >= 0.6 is 0 Å². The van der Waals surface area contributed by atoms with Crippen molar-refractivity contribution in [1.29, 1.82) is 0 Å². The molecule has 0 spiro atoms. The van der Waals surface area contributed by atoms with Crippen molar-refractivity contribution in [3.63, 3.8) is 0 Å². The quantitative estimate of drug-likeness (QED) is 0.422. The van der Waals surface area contributed by atoms with Crippen LogP contribution in [0.2, 0.25) is 0 Å². The van der Waals surface area contributed by atoms with Gasteiger partial charge in [-0.2, -0.15) is 4.99 Å². The van der Waals surface area contributed by atoms with Crippen molar-refractivity contribution >= 4 is 33.1 Å². The van der Waals surface area contributed by atoms with Crippen molar-refractivity contribution in [3.8, 4) is 0 Å². The van der Waals surface area contributed by atoms with E-state index in [1.54, 1.807) is 17.0 Å². The van der Waals surface area contributed by atoms with E-state index >= 15 is 0 Å². The molecule has 9 nitrogen and oxygen atoms in total. The molecule has 4 rings (SSSR count). The Morgan fingerprint density at radius 3 is 2.39 bits per heavy atom. The second-order valence-corrected chi connectivity index (χ2v) is 9.72. The average Bonchev–Trinajstić information content (AvgIpc) is 3.17. The monoisotopic (exact) mass is 464 g/mol. The molecule has 0 fully saturated rings. The maximum absolute atomic E-state index is 13.0. The van der Waals surface area contributed by atoms with Crippen LogP contribution in [0.3, 0.4) is 0 Å². The maximum Gasteiger partial charge on any atom is 0.278 e. The summed E-state index contributed by atoms with van der Waals surface area (Å²) >= 11 is 0. The highest BCUT2D eigenvalue weighted by atomic mass is 32.2. The first-order valence-electron chi connectivity index (χ1n) is 9.94. The van der Waals surface area contributed by atoms with Gasteiger partial charge in [-0.3, -0.25) is 14.9 Å². The van der Waals surface area contributed by atoms with Gasteiger partial charge in [0, 0.05) is 43.0 Å². The predicted octanol–water partition coefficient (Wildman–Crippen LogP) is 3.45. The number of amides is 1. The Bertz CT molecular complexity index is 1380. The Hall–Kier alpha value is -3.89. The summed E-state index contributed by atoms with van der Waals surface area (Å²) in [5.74, 6) is -0.174. The molecular weight excluding hydrogens is 444 g/mol. The van der Waals surface area contributed by atoms with E-state index < -0.39 is 20.9 Å². The Balaban J connectivity index is 1.73. The van der Waals surface area contributed by atoms with E-state index in [9.17, 15) is 23.3 Å². The molecule has 0 atom stereocenters. The largest absolute Gasteiger partial charge is 0.321 e. The third kappa shape index (κ3) is 4.26. The van der Waals surface area contributed by atoms with Crippen molar-refractivity contribution in [2.45, 2.75) is 11.4 Å². The molecule has 0 aromatic heterocycles. The lowest BCUT2D eigenvalue weighted by Crippen LogP contribution is -2.25. The summed E-state index contributed by atoms with van der Waals surface area (Å²) < 4.78 is 25.6. The van der Waals surface area contributed by atoms with Crippen molar-refractivity contribution in [2.75, 3.05) is 19.0 Å². The molecule has 10 heteroatoms. The fourth-order valence-electron chi connectivity index (χ4n) is 3.52. The summed E-state index contributed by atoms with van der Waals surface area (Å²) in [6.07, 6.45) is 0. The van der Waals surface area contributed by atoms with E-state index in [0.717, 1.165) is 15.4 Å². The number of benzene rings is 3. The van der Waals surface area contributed by atoms with E-state index in [-0.39, 0.29) is 16.1 Å². The minimum atomic E-state index is -3.61. The maximum atomic E-state index is 13.0. The number of nitro benzene ring substituents is 1. The van der Waals surface area contributed by atoms with Crippen LogP contribution in [0.4, 0.5) is 11.4 Å². The number of carbonyl (C=O) groups excluding carboxylic acids is 1. The zero-order valence-corrected chi connectivity index (χ0v) is 18.7. The highest BCUT2D eigenvalue weighted by molar-refractivity contribution is 7.89. The van der Waals surface area contributed by atoms with Gasteiger partial charge in [-0.25, -0.2) is 12.7 Å². The highest BCUT2D eigenvalue weighted by Crippen LogP contribution is 2.31. The molecule has 0 saturated carbocycles. The molecule has 0 bridgehead atoms. The third-order valence-corrected chi connectivity index (χ3v) is 7.11. The van der Waals surface area contributed by atoms with E-state index in [2.05, 4.69) is 4.99 Å². The molecular formula is C23H20N4O5S. The van der Waals surface area contributed by atoms with Crippen LogP contribution in [0, 0.1) is 10.1 Å². The van der Waals surface area contributed by atoms with Crippen LogP contribution in [0.15, 0.2) is 82.7 Å². The normalized spacial score (nSPS) is 14.5. The van der Waals surface area contributed by atoms with E-state index in [1.165, 1.54) is 50.5 Å². The number of aliphatic imine (C=N–C) groups is 1. The van der Waals surface area contributed by atoms with Crippen molar-refractivity contribution < 1.29 is 18.1 Å². The van der Waals surface area contributed by atoms with Gasteiger partial charge < -0.3 is 4.90 Å². The van der Waals surface area contributed by atoms with Crippen LogP contribution in [0.1, 0.15) is 21.5 Å². The summed E-state index contributed by atoms with van der Waals surface area (Å²) in [7, 11) is -0.753. The zero-order valence-electron chi connectivity index (χ0n) is 17.9. The Morgan fingerprint density at radius 2 is 1.73 bits per heavy atom. The minimum absolute atomic E-state index is 0.0631. The van der Waals surface area contributed by atoms with Crippen LogP contribution in [0.5, 0.6) is 0 Å². The van der Waals surface area contributed by atoms with Gasteiger partial charge in [0.25, 0.3) is 11.6 Å². The number of sulfonamides is 1. The molecule has 1 aliphatic heterocycles. The molecule has 0 N–H and O–H groups in total. The smallest absolute Gasteiger partial charge is 0.278 e. The first-order chi connectivity index (χ1) is 15.7. The number of non-ortho nitro benzene ring substituents is 1. The predicted molar refractivity (Wildman–Crippen MR) is 124 cm³/mol. The molecule has 3 aromatic carbocycles. The van der Waals surface area contributed by atoms with E-state index in [4.69, 9.17) is 0 Å². The lowest BCUT2D eigenvalue weighted by atomic mass is 10.1. The van der Waals surface area contributed by atoms with E-state index in [0.29, 0.717) is 18.1 Å². The fourth-order valence-corrected chi connectivity index (χ4v) is 4.42. The summed E-state index contributed by atoms with van der Waals surface area (Å²) in [6.45, 7) is 0.406. The molecule has 3 aromatic rings. The topological polar surface area (TPSA) is 113 Å². The molecule has 1 aliphatic rings. The Kier molecular flexibility index (Phi) is 5.79. The van der Waals surface area contributed by atoms with Crippen LogP contribution < -0.4 is 4.90 Å². The Morgan fingerprint density at radius 1 is 1.03 bits per heavy atom. The molecule has 1 heterocycles. The van der Waals surface area contributed by atoms with Crippen LogP contribution in [-0.4, -0.2) is 43.5 Å². The van der Waals surface area contributed by atoms with Gasteiger partial charge in [-0.1, -0.05) is 30.3 Å². The number of nitro groups is 1. The SMILES string of the molecule is CN(C)S(=O)(=O)c1ccc(C(=O)N=C2c3ccccc3CN2c2cccc([N+](=O)[O-])c2)cc1. The summed E-state index contributed by atoms with van der Waals surface area (Å²) in [5.41, 5.74) is 2.39. The van der Waals surface area contributed by atoms with Crippen molar-refractivity contribution in [2.24, 2.45) is 4.99 Å². The molecule has 0 radical (unpaired) electrons. The first kappa shape index (κ1) is 22.3. The number of fused-ring (bicyclic) bond motifs is 1. The van der Waals surface area contributed by atoms with Crippen LogP contribution in [0.25, 0.3) is 0 Å². The summed E-state index contributed by atoms with van der Waals surface area (Å²) in [4.78, 5) is 29.9. The second kappa shape index (κ2) is 8.57. The fraction of sp³-hybridized carbons (Fsp3) is 0.130. The standard InChI is InChI=1S/C23H20N4O5S/c1-25(2)33(31,32)20-12-10-16(11-13-20)23(28)24-22-21-9-4-3-6-17(21)15-26(22)18-7-5-8-19(14-18)27(29)30/h3-14H,15H2,1-2H3. The Labute approximate surface area is 190 Å². The van der Waals surface area contributed by atoms with Gasteiger partial charge in [0.2, 0.25) is 10.0 Å². The molecule has 1 amide bonds. The van der Waals surface area contributed by atoms with E-state index in [1.807, 2.05) is 24.3 Å². The first-order valence-corrected chi connectivity index (χ1v) is 11.4. The van der Waals surface area contributed by atoms with Gasteiger partial charge in [0.15, 0.2) is 0 Å². The lowest BCUT2D eigenvalue weighted by molar-refractivity contribution is -0.384. The zero-order chi connectivity index (χ0) is 23.8. The number of amidine groups is 1. The number of rotatable bonds is 5. The average molecular weight is 465 g/mol.